The highest BCUT2D eigenvalue weighted by Gasteiger charge is 1.97. The van der Waals surface area contributed by atoms with Crippen LogP contribution in [0.1, 0.15) is 111 Å². The van der Waals surface area contributed by atoms with Crippen LogP contribution in [-0.4, -0.2) is 37.6 Å². The zero-order valence-electron chi connectivity index (χ0n) is 18.5. The molecule has 0 aliphatic carbocycles. The van der Waals surface area contributed by atoms with Crippen molar-refractivity contribution in [3.8, 4) is 0 Å². The second-order valence-corrected chi connectivity index (χ2v) is 7.71. The van der Waals surface area contributed by atoms with E-state index in [1.807, 2.05) is 0 Å². The molecular formula is C24H50N2. The first-order valence-corrected chi connectivity index (χ1v) is 11.9. The molecule has 0 radical (unpaired) electrons. The van der Waals surface area contributed by atoms with E-state index in [9.17, 15) is 0 Å². The average Bonchev–Trinajstić information content (AvgIpc) is 2.66. The van der Waals surface area contributed by atoms with Crippen molar-refractivity contribution >= 4 is 0 Å². The number of likely N-dealkylation sites (N-methyl/N-ethyl adjacent to an activating group) is 1. The first-order valence-electron chi connectivity index (χ1n) is 11.9. The summed E-state index contributed by atoms with van der Waals surface area (Å²) in [6.45, 7) is 12.7. The molecule has 2 heteroatoms. The summed E-state index contributed by atoms with van der Waals surface area (Å²) in [7, 11) is 0. The number of unbranched alkanes of at least 4 members (excludes halogenated alkanes) is 12. The molecule has 0 saturated carbocycles. The molecular weight excluding hydrogens is 316 g/mol. The van der Waals surface area contributed by atoms with Crippen LogP contribution >= 0.6 is 0 Å². The van der Waals surface area contributed by atoms with Crippen LogP contribution in [-0.2, 0) is 0 Å². The molecule has 0 aromatic heterocycles. The number of allylic oxidation sites excluding steroid dienone is 2. The molecule has 0 amide bonds. The van der Waals surface area contributed by atoms with Crippen LogP contribution in [0.3, 0.4) is 0 Å². The largest absolute Gasteiger partial charge is 0.315 e. The summed E-state index contributed by atoms with van der Waals surface area (Å²) in [5, 5.41) is 3.58. The zero-order valence-corrected chi connectivity index (χ0v) is 18.5. The van der Waals surface area contributed by atoms with E-state index in [-0.39, 0.29) is 0 Å². The fourth-order valence-corrected chi connectivity index (χ4v) is 3.40. The van der Waals surface area contributed by atoms with E-state index in [0.717, 1.165) is 6.54 Å². The van der Waals surface area contributed by atoms with E-state index < -0.39 is 0 Å². The fourth-order valence-electron chi connectivity index (χ4n) is 3.40. The van der Waals surface area contributed by atoms with Crippen molar-refractivity contribution in [1.82, 2.24) is 10.2 Å². The molecule has 0 aromatic carbocycles. The van der Waals surface area contributed by atoms with Gasteiger partial charge in [-0.15, -0.1) is 0 Å². The monoisotopic (exact) mass is 366 g/mol. The lowest BCUT2D eigenvalue weighted by Crippen LogP contribution is -2.32. The first-order chi connectivity index (χ1) is 12.8. The summed E-state index contributed by atoms with van der Waals surface area (Å²) < 4.78 is 0. The van der Waals surface area contributed by atoms with Crippen molar-refractivity contribution in [1.29, 1.82) is 0 Å². The van der Waals surface area contributed by atoms with Crippen molar-refractivity contribution in [2.24, 2.45) is 0 Å². The van der Waals surface area contributed by atoms with E-state index in [1.165, 1.54) is 116 Å². The van der Waals surface area contributed by atoms with Gasteiger partial charge in [0.15, 0.2) is 0 Å². The molecule has 0 aromatic rings. The first kappa shape index (κ1) is 25.7. The molecule has 0 bridgehead atoms. The van der Waals surface area contributed by atoms with Crippen molar-refractivity contribution in [3.63, 3.8) is 0 Å². The Morgan fingerprint density at radius 1 is 0.577 bits per heavy atom. The second kappa shape index (κ2) is 22.7. The SMILES string of the molecule is CCCCCCCCC=CCCCCCCCCNCCN(CC)CC. The van der Waals surface area contributed by atoms with Gasteiger partial charge in [0.05, 0.1) is 0 Å². The second-order valence-electron chi connectivity index (χ2n) is 7.71. The maximum absolute atomic E-state index is 3.58. The maximum Gasteiger partial charge on any atom is 0.0107 e. The summed E-state index contributed by atoms with van der Waals surface area (Å²) in [6, 6.07) is 0. The van der Waals surface area contributed by atoms with E-state index in [4.69, 9.17) is 0 Å². The molecule has 2 nitrogen and oxygen atoms in total. The Balaban J connectivity index is 3.11. The Hall–Kier alpha value is -0.340. The quantitative estimate of drug-likeness (QED) is 0.174. The topological polar surface area (TPSA) is 15.3 Å². The summed E-state index contributed by atoms with van der Waals surface area (Å²) >= 11 is 0. The highest BCUT2D eigenvalue weighted by molar-refractivity contribution is 4.81. The standard InChI is InChI=1S/C24H50N2/c1-4-7-8-9-10-11-12-13-14-15-16-17-18-19-20-21-22-25-23-24-26(5-2)6-3/h13-14,25H,4-12,15-24H2,1-3H3. The van der Waals surface area contributed by atoms with Gasteiger partial charge >= 0.3 is 0 Å². The van der Waals surface area contributed by atoms with Gasteiger partial charge in [0.2, 0.25) is 0 Å². The summed E-state index contributed by atoms with van der Waals surface area (Å²) in [6.07, 6.45) is 24.3. The Morgan fingerprint density at radius 2 is 1.08 bits per heavy atom. The Morgan fingerprint density at radius 3 is 1.62 bits per heavy atom. The lowest BCUT2D eigenvalue weighted by atomic mass is 10.1. The van der Waals surface area contributed by atoms with Gasteiger partial charge in [-0.1, -0.05) is 90.7 Å². The summed E-state index contributed by atoms with van der Waals surface area (Å²) in [4.78, 5) is 2.48. The molecule has 0 heterocycles. The summed E-state index contributed by atoms with van der Waals surface area (Å²) in [5.74, 6) is 0. The van der Waals surface area contributed by atoms with E-state index in [2.05, 4.69) is 43.1 Å². The Labute approximate surface area is 166 Å². The number of nitrogens with one attached hydrogen (secondary N) is 1. The number of hydrogen-bond acceptors (Lipinski definition) is 2. The molecule has 0 fully saturated rings. The van der Waals surface area contributed by atoms with Crippen LogP contribution in [0.25, 0.3) is 0 Å². The van der Waals surface area contributed by atoms with Gasteiger partial charge in [-0.25, -0.2) is 0 Å². The van der Waals surface area contributed by atoms with Crippen molar-refractivity contribution in [2.45, 2.75) is 111 Å². The third-order valence-corrected chi connectivity index (χ3v) is 5.36. The fraction of sp³-hybridized carbons (Fsp3) is 0.917. The average molecular weight is 367 g/mol. The van der Waals surface area contributed by atoms with E-state index in [0.29, 0.717) is 0 Å². The van der Waals surface area contributed by atoms with Crippen molar-refractivity contribution in [3.05, 3.63) is 12.2 Å². The van der Waals surface area contributed by atoms with Crippen LogP contribution in [0.15, 0.2) is 12.2 Å². The van der Waals surface area contributed by atoms with Crippen molar-refractivity contribution < 1.29 is 0 Å². The molecule has 0 aliphatic rings. The molecule has 0 spiro atoms. The van der Waals surface area contributed by atoms with Crippen LogP contribution in [0, 0.1) is 0 Å². The van der Waals surface area contributed by atoms with Crippen LogP contribution < -0.4 is 5.32 Å². The molecule has 0 atom stereocenters. The van der Waals surface area contributed by atoms with Crippen LogP contribution in [0.2, 0.25) is 0 Å². The number of nitrogens with zero attached hydrogens (tertiary/aromatic N) is 1. The lowest BCUT2D eigenvalue weighted by Gasteiger charge is -2.17. The van der Waals surface area contributed by atoms with Crippen LogP contribution in [0.4, 0.5) is 0 Å². The molecule has 1 N–H and O–H groups in total. The predicted octanol–water partition coefficient (Wildman–Crippen LogP) is 6.96. The lowest BCUT2D eigenvalue weighted by molar-refractivity contribution is 0.302. The minimum Gasteiger partial charge on any atom is -0.315 e. The van der Waals surface area contributed by atoms with Gasteiger partial charge in [0, 0.05) is 13.1 Å². The summed E-state index contributed by atoms with van der Waals surface area (Å²) in [5.41, 5.74) is 0. The molecule has 156 valence electrons. The highest BCUT2D eigenvalue weighted by Crippen LogP contribution is 2.09. The van der Waals surface area contributed by atoms with Crippen LogP contribution in [0.5, 0.6) is 0 Å². The Bertz CT molecular complexity index is 271. The van der Waals surface area contributed by atoms with Gasteiger partial charge in [-0.3, -0.25) is 0 Å². The van der Waals surface area contributed by atoms with Gasteiger partial charge < -0.3 is 10.2 Å². The van der Waals surface area contributed by atoms with Gasteiger partial charge in [0.1, 0.15) is 0 Å². The van der Waals surface area contributed by atoms with Gasteiger partial charge in [-0.05, 0) is 51.7 Å². The molecule has 0 saturated heterocycles. The molecule has 0 rings (SSSR count). The highest BCUT2D eigenvalue weighted by atomic mass is 15.1. The van der Waals surface area contributed by atoms with Gasteiger partial charge in [-0.2, -0.15) is 0 Å². The molecule has 0 unspecified atom stereocenters. The Kier molecular flexibility index (Phi) is 22.4. The normalized spacial score (nSPS) is 11.8. The third-order valence-electron chi connectivity index (χ3n) is 5.36. The predicted molar refractivity (Wildman–Crippen MR) is 120 cm³/mol. The van der Waals surface area contributed by atoms with E-state index >= 15 is 0 Å². The molecule has 0 aliphatic heterocycles. The van der Waals surface area contributed by atoms with Crippen molar-refractivity contribution in [2.75, 3.05) is 32.7 Å². The maximum atomic E-state index is 3.58. The smallest absolute Gasteiger partial charge is 0.0107 e. The third kappa shape index (κ3) is 20.0. The van der Waals surface area contributed by atoms with Gasteiger partial charge in [0.25, 0.3) is 0 Å². The molecule has 26 heavy (non-hydrogen) atoms. The zero-order chi connectivity index (χ0) is 19.1. The number of hydrogen-bond donors (Lipinski definition) is 1. The number of rotatable bonds is 21. The minimum absolute atomic E-state index is 1.15. The van der Waals surface area contributed by atoms with E-state index in [1.54, 1.807) is 0 Å². The minimum atomic E-state index is 1.15.